The van der Waals surface area contributed by atoms with E-state index in [0.717, 1.165) is 18.5 Å². The number of carbonyl (C=O) groups is 1. The standard InChI is InChI=1S/C13H15N3O2/c1-2-6-10-9-12(16-15-10)14-13(17)18-11-7-4-3-5-8-11/h3-5,7-9H,2,6H2,1H3,(H2,14,15,16,17). The van der Waals surface area contributed by atoms with Crippen LogP contribution in [0.25, 0.3) is 0 Å². The number of anilines is 1. The highest BCUT2D eigenvalue weighted by Gasteiger charge is 2.07. The van der Waals surface area contributed by atoms with Crippen LogP contribution in [0.15, 0.2) is 36.4 Å². The number of amides is 1. The van der Waals surface area contributed by atoms with Gasteiger partial charge in [0, 0.05) is 11.8 Å². The van der Waals surface area contributed by atoms with E-state index in [4.69, 9.17) is 4.74 Å². The second kappa shape index (κ2) is 5.86. The maximum atomic E-state index is 11.6. The lowest BCUT2D eigenvalue weighted by molar-refractivity contribution is 0.215. The van der Waals surface area contributed by atoms with Gasteiger partial charge in [0.1, 0.15) is 5.75 Å². The summed E-state index contributed by atoms with van der Waals surface area (Å²) in [6.45, 7) is 2.08. The molecule has 0 saturated carbocycles. The molecule has 0 fully saturated rings. The summed E-state index contributed by atoms with van der Waals surface area (Å²) in [4.78, 5) is 11.6. The minimum Gasteiger partial charge on any atom is -0.410 e. The Kier molecular flexibility index (Phi) is 3.96. The van der Waals surface area contributed by atoms with Gasteiger partial charge in [-0.15, -0.1) is 0 Å². The fraction of sp³-hybridized carbons (Fsp3) is 0.231. The Morgan fingerprint density at radius 1 is 1.39 bits per heavy atom. The highest BCUT2D eigenvalue weighted by molar-refractivity contribution is 5.85. The van der Waals surface area contributed by atoms with Crippen molar-refractivity contribution in [2.45, 2.75) is 19.8 Å². The van der Waals surface area contributed by atoms with Gasteiger partial charge in [0.2, 0.25) is 0 Å². The minimum absolute atomic E-state index is 0.472. The number of hydrogen-bond acceptors (Lipinski definition) is 3. The normalized spacial score (nSPS) is 10.1. The zero-order valence-electron chi connectivity index (χ0n) is 10.1. The van der Waals surface area contributed by atoms with Crippen LogP contribution in [0.1, 0.15) is 19.0 Å². The topological polar surface area (TPSA) is 67.0 Å². The third-order valence-electron chi connectivity index (χ3n) is 2.33. The Balaban J connectivity index is 1.90. The maximum absolute atomic E-state index is 11.6. The molecule has 1 aromatic carbocycles. The number of nitrogens with zero attached hydrogens (tertiary/aromatic N) is 1. The van der Waals surface area contributed by atoms with E-state index in [1.807, 2.05) is 6.07 Å². The minimum atomic E-state index is -0.546. The van der Waals surface area contributed by atoms with Gasteiger partial charge in [-0.3, -0.25) is 10.4 Å². The van der Waals surface area contributed by atoms with Crippen LogP contribution >= 0.6 is 0 Å². The number of aromatic nitrogens is 2. The molecule has 1 heterocycles. The SMILES string of the molecule is CCCc1cc(NC(=O)Oc2ccccc2)n[nH]1. The molecule has 0 aliphatic rings. The van der Waals surface area contributed by atoms with Crippen LogP contribution in [0.2, 0.25) is 0 Å². The van der Waals surface area contributed by atoms with Crippen molar-refractivity contribution in [3.05, 3.63) is 42.1 Å². The van der Waals surface area contributed by atoms with Crippen molar-refractivity contribution in [1.82, 2.24) is 10.2 Å². The van der Waals surface area contributed by atoms with Crippen molar-refractivity contribution in [3.8, 4) is 5.75 Å². The second-order valence-electron chi connectivity index (χ2n) is 3.86. The molecule has 0 spiro atoms. The zero-order chi connectivity index (χ0) is 12.8. The molecule has 0 atom stereocenters. The Morgan fingerprint density at radius 2 is 2.17 bits per heavy atom. The number of H-pyrrole nitrogens is 1. The van der Waals surface area contributed by atoms with Gasteiger partial charge in [-0.25, -0.2) is 4.79 Å². The molecule has 0 saturated heterocycles. The summed E-state index contributed by atoms with van der Waals surface area (Å²) >= 11 is 0. The lowest BCUT2D eigenvalue weighted by Crippen LogP contribution is -2.16. The Bertz CT molecular complexity index is 508. The molecular formula is C13H15N3O2. The third-order valence-corrected chi connectivity index (χ3v) is 2.33. The number of nitrogens with one attached hydrogen (secondary N) is 2. The fourth-order valence-corrected chi connectivity index (χ4v) is 1.55. The first-order chi connectivity index (χ1) is 8.78. The van der Waals surface area contributed by atoms with Gasteiger partial charge in [0.15, 0.2) is 5.82 Å². The van der Waals surface area contributed by atoms with Crippen molar-refractivity contribution in [2.75, 3.05) is 5.32 Å². The molecule has 2 N–H and O–H groups in total. The molecule has 0 aliphatic heterocycles. The maximum Gasteiger partial charge on any atom is 0.418 e. The number of benzene rings is 1. The zero-order valence-corrected chi connectivity index (χ0v) is 10.1. The Labute approximate surface area is 105 Å². The first-order valence-corrected chi connectivity index (χ1v) is 5.86. The van der Waals surface area contributed by atoms with E-state index in [2.05, 4.69) is 22.4 Å². The quantitative estimate of drug-likeness (QED) is 0.870. The van der Waals surface area contributed by atoms with E-state index in [1.54, 1.807) is 30.3 Å². The van der Waals surface area contributed by atoms with Crippen molar-refractivity contribution >= 4 is 11.9 Å². The Morgan fingerprint density at radius 3 is 2.89 bits per heavy atom. The molecule has 2 rings (SSSR count). The van der Waals surface area contributed by atoms with Gasteiger partial charge in [0.05, 0.1) is 0 Å². The first kappa shape index (κ1) is 12.2. The number of carbonyl (C=O) groups excluding carboxylic acids is 1. The van der Waals surface area contributed by atoms with Crippen LogP contribution in [0.5, 0.6) is 5.75 Å². The molecular weight excluding hydrogens is 230 g/mol. The smallest absolute Gasteiger partial charge is 0.410 e. The molecule has 1 amide bonds. The summed E-state index contributed by atoms with van der Waals surface area (Å²) in [5.41, 5.74) is 0.993. The number of hydrogen-bond donors (Lipinski definition) is 2. The summed E-state index contributed by atoms with van der Waals surface area (Å²) in [5, 5.41) is 9.40. The molecule has 5 nitrogen and oxygen atoms in total. The number of aryl methyl sites for hydroxylation is 1. The van der Waals surface area contributed by atoms with E-state index in [1.165, 1.54) is 0 Å². The van der Waals surface area contributed by atoms with E-state index >= 15 is 0 Å². The van der Waals surface area contributed by atoms with Gasteiger partial charge in [-0.1, -0.05) is 31.5 Å². The van der Waals surface area contributed by atoms with Crippen LogP contribution in [0.3, 0.4) is 0 Å². The number of ether oxygens (including phenoxy) is 1. The van der Waals surface area contributed by atoms with E-state index < -0.39 is 6.09 Å². The predicted molar refractivity (Wildman–Crippen MR) is 68.7 cm³/mol. The monoisotopic (exact) mass is 245 g/mol. The van der Waals surface area contributed by atoms with Crippen molar-refractivity contribution < 1.29 is 9.53 Å². The van der Waals surface area contributed by atoms with E-state index in [0.29, 0.717) is 11.6 Å². The van der Waals surface area contributed by atoms with Crippen molar-refractivity contribution in [3.63, 3.8) is 0 Å². The molecule has 94 valence electrons. The van der Waals surface area contributed by atoms with E-state index in [-0.39, 0.29) is 0 Å². The molecule has 5 heteroatoms. The molecule has 0 unspecified atom stereocenters. The molecule has 1 aromatic heterocycles. The van der Waals surface area contributed by atoms with Crippen LogP contribution < -0.4 is 10.1 Å². The lowest BCUT2D eigenvalue weighted by atomic mass is 10.2. The lowest BCUT2D eigenvalue weighted by Gasteiger charge is -2.03. The van der Waals surface area contributed by atoms with Gasteiger partial charge >= 0.3 is 6.09 Å². The van der Waals surface area contributed by atoms with Crippen molar-refractivity contribution in [1.29, 1.82) is 0 Å². The molecule has 0 aliphatic carbocycles. The second-order valence-corrected chi connectivity index (χ2v) is 3.86. The van der Waals surface area contributed by atoms with Gasteiger partial charge < -0.3 is 4.74 Å². The van der Waals surface area contributed by atoms with Gasteiger partial charge in [-0.05, 0) is 18.6 Å². The highest BCUT2D eigenvalue weighted by atomic mass is 16.6. The van der Waals surface area contributed by atoms with Crippen LogP contribution in [0.4, 0.5) is 10.6 Å². The van der Waals surface area contributed by atoms with Crippen LogP contribution in [0, 0.1) is 0 Å². The fourth-order valence-electron chi connectivity index (χ4n) is 1.55. The highest BCUT2D eigenvalue weighted by Crippen LogP contribution is 2.11. The summed E-state index contributed by atoms with van der Waals surface area (Å²) in [5.74, 6) is 0.971. The number of rotatable bonds is 4. The summed E-state index contributed by atoms with van der Waals surface area (Å²) in [6.07, 6.45) is 1.38. The van der Waals surface area contributed by atoms with Crippen molar-refractivity contribution in [2.24, 2.45) is 0 Å². The predicted octanol–water partition coefficient (Wildman–Crippen LogP) is 2.97. The number of aromatic amines is 1. The summed E-state index contributed by atoms with van der Waals surface area (Å²) in [6, 6.07) is 10.7. The van der Waals surface area contributed by atoms with Gasteiger partial charge in [0.25, 0.3) is 0 Å². The first-order valence-electron chi connectivity index (χ1n) is 5.86. The van der Waals surface area contributed by atoms with Gasteiger partial charge in [-0.2, -0.15) is 5.10 Å². The molecule has 0 bridgehead atoms. The van der Waals surface area contributed by atoms with Crippen LogP contribution in [-0.4, -0.2) is 16.3 Å². The van der Waals surface area contributed by atoms with E-state index in [9.17, 15) is 4.79 Å². The van der Waals surface area contributed by atoms with Crippen LogP contribution in [-0.2, 0) is 6.42 Å². The Hall–Kier alpha value is -2.30. The third kappa shape index (κ3) is 3.35. The summed E-state index contributed by atoms with van der Waals surface area (Å²) in [7, 11) is 0. The molecule has 2 aromatic rings. The molecule has 0 radical (unpaired) electrons. The average molecular weight is 245 g/mol. The average Bonchev–Trinajstić information content (AvgIpc) is 2.78. The number of para-hydroxylation sites is 1. The summed E-state index contributed by atoms with van der Waals surface area (Å²) < 4.78 is 5.08. The molecule has 18 heavy (non-hydrogen) atoms. The largest absolute Gasteiger partial charge is 0.418 e.